The van der Waals surface area contributed by atoms with Gasteiger partial charge >= 0.3 is 12.0 Å². The SMILES string of the molecule is CC(NC(=O)N1C[C@H](O)C[C@H]1C(=O)O)C1CCCC1. The Morgan fingerprint density at radius 3 is 2.53 bits per heavy atom. The molecule has 0 aromatic rings. The van der Waals surface area contributed by atoms with Crippen LogP contribution in [0.5, 0.6) is 0 Å². The number of nitrogens with zero attached hydrogens (tertiary/aromatic N) is 1. The van der Waals surface area contributed by atoms with Gasteiger partial charge in [0.15, 0.2) is 0 Å². The Kier molecular flexibility index (Phi) is 4.29. The molecule has 0 spiro atoms. The molecule has 1 saturated heterocycles. The number of aliphatic hydroxyl groups excluding tert-OH is 1. The van der Waals surface area contributed by atoms with Gasteiger partial charge in [-0.05, 0) is 25.7 Å². The summed E-state index contributed by atoms with van der Waals surface area (Å²) in [7, 11) is 0. The first-order chi connectivity index (χ1) is 8.99. The highest BCUT2D eigenvalue weighted by Gasteiger charge is 2.39. The molecule has 6 heteroatoms. The zero-order chi connectivity index (χ0) is 14.0. The van der Waals surface area contributed by atoms with Crippen LogP contribution in [0.3, 0.4) is 0 Å². The summed E-state index contributed by atoms with van der Waals surface area (Å²) < 4.78 is 0. The predicted molar refractivity (Wildman–Crippen MR) is 68.7 cm³/mol. The molecule has 6 nitrogen and oxygen atoms in total. The van der Waals surface area contributed by atoms with Gasteiger partial charge in [0.2, 0.25) is 0 Å². The number of hydrogen-bond donors (Lipinski definition) is 3. The molecule has 1 saturated carbocycles. The highest BCUT2D eigenvalue weighted by molar-refractivity contribution is 5.83. The second kappa shape index (κ2) is 5.77. The number of carbonyl (C=O) groups is 2. The van der Waals surface area contributed by atoms with Crippen LogP contribution in [0.25, 0.3) is 0 Å². The molecule has 1 heterocycles. The van der Waals surface area contributed by atoms with E-state index in [2.05, 4.69) is 5.32 Å². The van der Waals surface area contributed by atoms with E-state index in [1.54, 1.807) is 0 Å². The molecule has 1 aliphatic carbocycles. The van der Waals surface area contributed by atoms with Gasteiger partial charge in [-0.3, -0.25) is 0 Å². The monoisotopic (exact) mass is 270 g/mol. The van der Waals surface area contributed by atoms with Crippen molar-refractivity contribution in [3.8, 4) is 0 Å². The maximum absolute atomic E-state index is 12.1. The molecule has 2 fully saturated rings. The number of aliphatic carboxylic acids is 1. The molecular formula is C13H22N2O4. The maximum Gasteiger partial charge on any atom is 0.326 e. The third kappa shape index (κ3) is 3.18. The number of carboxylic acid groups (broad SMARTS) is 1. The van der Waals surface area contributed by atoms with Crippen LogP contribution in [0.15, 0.2) is 0 Å². The van der Waals surface area contributed by atoms with Gasteiger partial charge in [-0.2, -0.15) is 0 Å². The quantitative estimate of drug-likeness (QED) is 0.707. The van der Waals surface area contributed by atoms with Crippen LogP contribution in [0, 0.1) is 5.92 Å². The minimum Gasteiger partial charge on any atom is -0.480 e. The summed E-state index contributed by atoms with van der Waals surface area (Å²) >= 11 is 0. The third-order valence-corrected chi connectivity index (χ3v) is 4.28. The molecule has 19 heavy (non-hydrogen) atoms. The van der Waals surface area contributed by atoms with Gasteiger partial charge in [-0.15, -0.1) is 0 Å². The molecule has 2 aliphatic rings. The number of aliphatic hydroxyl groups is 1. The van der Waals surface area contributed by atoms with Crippen LogP contribution in [0.2, 0.25) is 0 Å². The van der Waals surface area contributed by atoms with Crippen molar-refractivity contribution < 1.29 is 19.8 Å². The lowest BCUT2D eigenvalue weighted by molar-refractivity contribution is -0.141. The minimum atomic E-state index is -1.06. The highest BCUT2D eigenvalue weighted by Crippen LogP contribution is 2.28. The van der Waals surface area contributed by atoms with Crippen molar-refractivity contribution in [1.29, 1.82) is 0 Å². The van der Waals surface area contributed by atoms with Gasteiger partial charge in [0.1, 0.15) is 6.04 Å². The van der Waals surface area contributed by atoms with Crippen molar-refractivity contribution >= 4 is 12.0 Å². The number of nitrogens with one attached hydrogen (secondary N) is 1. The number of hydrogen-bond acceptors (Lipinski definition) is 3. The third-order valence-electron chi connectivity index (χ3n) is 4.28. The van der Waals surface area contributed by atoms with Crippen molar-refractivity contribution in [3.05, 3.63) is 0 Å². The van der Waals surface area contributed by atoms with E-state index in [9.17, 15) is 14.7 Å². The van der Waals surface area contributed by atoms with E-state index in [0.717, 1.165) is 12.8 Å². The van der Waals surface area contributed by atoms with E-state index in [-0.39, 0.29) is 25.0 Å². The molecular weight excluding hydrogens is 248 g/mol. The standard InChI is InChI=1S/C13H22N2O4/c1-8(9-4-2-3-5-9)14-13(19)15-7-10(16)6-11(15)12(17)18/h8-11,16H,2-7H2,1H3,(H,14,19)(H,17,18)/t8?,10-,11+/m1/s1. The van der Waals surface area contributed by atoms with Crippen molar-refractivity contribution in [2.75, 3.05) is 6.54 Å². The first-order valence-corrected chi connectivity index (χ1v) is 6.97. The van der Waals surface area contributed by atoms with Crippen molar-refractivity contribution in [2.24, 2.45) is 5.92 Å². The number of carboxylic acids is 1. The number of β-amino-alcohol motifs (C(OH)–C–C–N with tert-alkyl or cyclic N) is 1. The highest BCUT2D eigenvalue weighted by atomic mass is 16.4. The fraction of sp³-hybridized carbons (Fsp3) is 0.846. The second-order valence-corrected chi connectivity index (χ2v) is 5.68. The van der Waals surface area contributed by atoms with Crippen LogP contribution in [-0.4, -0.2) is 51.8 Å². The lowest BCUT2D eigenvalue weighted by atomic mass is 10.00. The Morgan fingerprint density at radius 2 is 1.95 bits per heavy atom. The van der Waals surface area contributed by atoms with Gasteiger partial charge < -0.3 is 20.4 Å². The Labute approximate surface area is 112 Å². The molecule has 1 aliphatic heterocycles. The number of carbonyl (C=O) groups excluding carboxylic acids is 1. The largest absolute Gasteiger partial charge is 0.480 e. The first kappa shape index (κ1) is 14.1. The predicted octanol–water partition coefficient (Wildman–Crippen LogP) is 0.794. The molecule has 2 rings (SSSR count). The van der Waals surface area contributed by atoms with E-state index < -0.39 is 18.1 Å². The van der Waals surface area contributed by atoms with Crippen LogP contribution in [0.1, 0.15) is 39.0 Å². The lowest BCUT2D eigenvalue weighted by Crippen LogP contribution is -2.50. The van der Waals surface area contributed by atoms with E-state index in [0.29, 0.717) is 5.92 Å². The van der Waals surface area contributed by atoms with E-state index in [4.69, 9.17) is 5.11 Å². The summed E-state index contributed by atoms with van der Waals surface area (Å²) in [5.41, 5.74) is 0. The molecule has 2 amide bonds. The molecule has 1 unspecified atom stereocenters. The Balaban J connectivity index is 1.92. The maximum atomic E-state index is 12.1. The summed E-state index contributed by atoms with van der Waals surface area (Å²) in [5.74, 6) is -0.569. The summed E-state index contributed by atoms with van der Waals surface area (Å²) in [5, 5.41) is 21.5. The topological polar surface area (TPSA) is 89.9 Å². The summed E-state index contributed by atoms with van der Waals surface area (Å²) in [6.07, 6.45) is 4.00. The van der Waals surface area contributed by atoms with E-state index >= 15 is 0 Å². The summed E-state index contributed by atoms with van der Waals surface area (Å²) in [6.45, 7) is 2.07. The van der Waals surface area contributed by atoms with Gasteiger partial charge in [-0.1, -0.05) is 12.8 Å². The Morgan fingerprint density at radius 1 is 1.32 bits per heavy atom. The fourth-order valence-corrected chi connectivity index (χ4v) is 3.13. The number of amides is 2. The molecule has 0 radical (unpaired) electrons. The van der Waals surface area contributed by atoms with Crippen LogP contribution in [0.4, 0.5) is 4.79 Å². The van der Waals surface area contributed by atoms with Crippen LogP contribution in [-0.2, 0) is 4.79 Å². The smallest absolute Gasteiger partial charge is 0.326 e. The Bertz CT molecular complexity index is 355. The average Bonchev–Trinajstić information content (AvgIpc) is 2.96. The van der Waals surface area contributed by atoms with Crippen molar-refractivity contribution in [1.82, 2.24) is 10.2 Å². The van der Waals surface area contributed by atoms with Crippen LogP contribution < -0.4 is 5.32 Å². The zero-order valence-electron chi connectivity index (χ0n) is 11.2. The fourth-order valence-electron chi connectivity index (χ4n) is 3.13. The van der Waals surface area contributed by atoms with Crippen molar-refractivity contribution in [2.45, 2.75) is 57.2 Å². The summed E-state index contributed by atoms with van der Waals surface area (Å²) in [6, 6.07) is -1.23. The minimum absolute atomic E-state index is 0.0576. The Hall–Kier alpha value is -1.30. The van der Waals surface area contributed by atoms with E-state index in [1.807, 2.05) is 6.92 Å². The van der Waals surface area contributed by atoms with Crippen molar-refractivity contribution in [3.63, 3.8) is 0 Å². The van der Waals surface area contributed by atoms with Gasteiger partial charge in [0.05, 0.1) is 6.10 Å². The zero-order valence-corrected chi connectivity index (χ0v) is 11.2. The molecule has 0 aromatic carbocycles. The number of urea groups is 1. The van der Waals surface area contributed by atoms with Crippen LogP contribution >= 0.6 is 0 Å². The molecule has 0 bridgehead atoms. The second-order valence-electron chi connectivity index (χ2n) is 5.68. The molecule has 0 aromatic heterocycles. The number of likely N-dealkylation sites (tertiary alicyclic amines) is 1. The molecule has 3 atom stereocenters. The average molecular weight is 270 g/mol. The summed E-state index contributed by atoms with van der Waals surface area (Å²) in [4.78, 5) is 24.4. The first-order valence-electron chi connectivity index (χ1n) is 6.97. The van der Waals surface area contributed by atoms with Gasteiger partial charge in [0, 0.05) is 19.0 Å². The number of rotatable bonds is 3. The molecule has 3 N–H and O–H groups in total. The normalized spacial score (nSPS) is 29.5. The van der Waals surface area contributed by atoms with Gasteiger partial charge in [0.25, 0.3) is 0 Å². The lowest BCUT2D eigenvalue weighted by Gasteiger charge is -2.26. The molecule has 108 valence electrons. The van der Waals surface area contributed by atoms with E-state index in [1.165, 1.54) is 17.7 Å². The van der Waals surface area contributed by atoms with Gasteiger partial charge in [-0.25, -0.2) is 9.59 Å².